The topological polar surface area (TPSA) is 58.4 Å². The predicted molar refractivity (Wildman–Crippen MR) is 84.8 cm³/mol. The van der Waals surface area contributed by atoms with Gasteiger partial charge >= 0.3 is 0 Å². The molecule has 4 nitrogen and oxygen atoms in total. The van der Waals surface area contributed by atoms with Crippen molar-refractivity contribution in [3.63, 3.8) is 0 Å². The van der Waals surface area contributed by atoms with Crippen molar-refractivity contribution >= 4 is 17.7 Å². The minimum absolute atomic E-state index is 0.116. The summed E-state index contributed by atoms with van der Waals surface area (Å²) in [5.41, 5.74) is 6.04. The van der Waals surface area contributed by atoms with E-state index in [1.54, 1.807) is 6.92 Å². The summed E-state index contributed by atoms with van der Waals surface area (Å²) in [4.78, 5) is 14.6. The van der Waals surface area contributed by atoms with Crippen LogP contribution >= 0.6 is 11.8 Å². The molecule has 1 atom stereocenters. The standard InChI is InChI=1S/C15H23N3OS/c1-15(16,13-5-3-2-4-6-13)14(19)17-7-8-18-9-11-20-12-10-18/h2-6H,7-12,16H2,1H3,(H,17,19). The van der Waals surface area contributed by atoms with Crippen molar-refractivity contribution in [2.24, 2.45) is 5.73 Å². The number of rotatable bonds is 5. The predicted octanol–water partition coefficient (Wildman–Crippen LogP) is 1.03. The fourth-order valence-corrected chi connectivity index (χ4v) is 3.23. The number of hydrogen-bond acceptors (Lipinski definition) is 4. The molecule has 0 saturated carbocycles. The van der Waals surface area contributed by atoms with Crippen LogP contribution in [0, 0.1) is 0 Å². The van der Waals surface area contributed by atoms with Crippen LogP contribution in [0.4, 0.5) is 0 Å². The van der Waals surface area contributed by atoms with Crippen LogP contribution in [0.1, 0.15) is 12.5 Å². The largest absolute Gasteiger partial charge is 0.353 e. The average Bonchev–Trinajstić information content (AvgIpc) is 2.49. The fraction of sp³-hybridized carbons (Fsp3) is 0.533. The average molecular weight is 293 g/mol. The SMILES string of the molecule is CC(N)(C(=O)NCCN1CCSCC1)c1ccccc1. The lowest BCUT2D eigenvalue weighted by atomic mass is 9.92. The highest BCUT2D eigenvalue weighted by atomic mass is 32.2. The number of benzene rings is 1. The summed E-state index contributed by atoms with van der Waals surface area (Å²) in [5.74, 6) is 2.26. The van der Waals surface area contributed by atoms with E-state index in [9.17, 15) is 4.79 Å². The van der Waals surface area contributed by atoms with Crippen molar-refractivity contribution in [2.75, 3.05) is 37.7 Å². The van der Waals surface area contributed by atoms with Gasteiger partial charge in [-0.15, -0.1) is 0 Å². The number of nitrogens with zero attached hydrogens (tertiary/aromatic N) is 1. The molecule has 0 aliphatic carbocycles. The van der Waals surface area contributed by atoms with Crippen LogP contribution in [-0.4, -0.2) is 48.5 Å². The van der Waals surface area contributed by atoms with E-state index in [-0.39, 0.29) is 5.91 Å². The van der Waals surface area contributed by atoms with Crippen LogP contribution < -0.4 is 11.1 Å². The maximum Gasteiger partial charge on any atom is 0.244 e. The number of carbonyl (C=O) groups is 1. The van der Waals surface area contributed by atoms with Crippen molar-refractivity contribution in [3.05, 3.63) is 35.9 Å². The Morgan fingerprint density at radius 2 is 2.00 bits per heavy atom. The van der Waals surface area contributed by atoms with E-state index >= 15 is 0 Å². The highest BCUT2D eigenvalue weighted by Gasteiger charge is 2.29. The van der Waals surface area contributed by atoms with Gasteiger partial charge in [0.2, 0.25) is 5.91 Å². The highest BCUT2D eigenvalue weighted by Crippen LogP contribution is 2.17. The van der Waals surface area contributed by atoms with Gasteiger partial charge in [0.15, 0.2) is 0 Å². The van der Waals surface area contributed by atoms with Crippen molar-refractivity contribution in [2.45, 2.75) is 12.5 Å². The minimum atomic E-state index is -0.973. The summed E-state index contributed by atoms with van der Waals surface area (Å²) < 4.78 is 0. The smallest absolute Gasteiger partial charge is 0.244 e. The van der Waals surface area contributed by atoms with Gasteiger partial charge in [-0.05, 0) is 12.5 Å². The molecule has 1 fully saturated rings. The molecule has 1 aliphatic rings. The normalized spacial score (nSPS) is 19.3. The number of amides is 1. The lowest BCUT2D eigenvalue weighted by Crippen LogP contribution is -2.50. The van der Waals surface area contributed by atoms with Crippen molar-refractivity contribution in [3.8, 4) is 0 Å². The second-order valence-corrected chi connectivity index (χ2v) is 6.50. The molecule has 0 radical (unpaired) electrons. The van der Waals surface area contributed by atoms with E-state index in [2.05, 4.69) is 10.2 Å². The van der Waals surface area contributed by atoms with Gasteiger partial charge in [-0.1, -0.05) is 30.3 Å². The first-order valence-electron chi connectivity index (χ1n) is 7.03. The number of hydrogen-bond donors (Lipinski definition) is 2. The zero-order chi connectivity index (χ0) is 14.4. The van der Waals surface area contributed by atoms with Crippen LogP contribution in [0.2, 0.25) is 0 Å². The van der Waals surface area contributed by atoms with Gasteiger partial charge in [-0.25, -0.2) is 0 Å². The molecular weight excluding hydrogens is 270 g/mol. The molecule has 0 bridgehead atoms. The van der Waals surface area contributed by atoms with E-state index in [1.807, 2.05) is 42.1 Å². The lowest BCUT2D eigenvalue weighted by molar-refractivity contribution is -0.126. The van der Waals surface area contributed by atoms with Gasteiger partial charge in [-0.2, -0.15) is 11.8 Å². The minimum Gasteiger partial charge on any atom is -0.353 e. The maximum atomic E-state index is 12.2. The Bertz CT molecular complexity index is 430. The zero-order valence-electron chi connectivity index (χ0n) is 12.0. The molecule has 1 aromatic carbocycles. The van der Waals surface area contributed by atoms with Crippen LogP contribution in [0.25, 0.3) is 0 Å². The molecule has 1 heterocycles. The Morgan fingerprint density at radius 3 is 2.65 bits per heavy atom. The molecular formula is C15H23N3OS. The van der Waals surface area contributed by atoms with Gasteiger partial charge in [0, 0.05) is 37.7 Å². The molecule has 0 spiro atoms. The van der Waals surface area contributed by atoms with Crippen molar-refractivity contribution < 1.29 is 4.79 Å². The Balaban J connectivity index is 1.81. The molecule has 1 aliphatic heterocycles. The second-order valence-electron chi connectivity index (χ2n) is 5.28. The third-order valence-corrected chi connectivity index (χ3v) is 4.60. The molecule has 1 saturated heterocycles. The molecule has 110 valence electrons. The first-order chi connectivity index (χ1) is 9.60. The highest BCUT2D eigenvalue weighted by molar-refractivity contribution is 7.99. The summed E-state index contributed by atoms with van der Waals surface area (Å²) in [7, 11) is 0. The molecule has 5 heteroatoms. The number of thioether (sulfide) groups is 1. The quantitative estimate of drug-likeness (QED) is 0.851. The molecule has 1 aromatic rings. The summed E-state index contributed by atoms with van der Waals surface area (Å²) in [6, 6.07) is 9.51. The van der Waals surface area contributed by atoms with Crippen molar-refractivity contribution in [1.82, 2.24) is 10.2 Å². The number of nitrogens with one attached hydrogen (secondary N) is 1. The number of carbonyl (C=O) groups excluding carboxylic acids is 1. The van der Waals surface area contributed by atoms with E-state index in [4.69, 9.17) is 5.73 Å². The Kier molecular flexibility index (Phi) is 5.46. The van der Waals surface area contributed by atoms with E-state index in [0.29, 0.717) is 6.54 Å². The van der Waals surface area contributed by atoms with Crippen LogP contribution in [0.5, 0.6) is 0 Å². The van der Waals surface area contributed by atoms with E-state index < -0.39 is 5.54 Å². The van der Waals surface area contributed by atoms with Crippen LogP contribution in [0.15, 0.2) is 30.3 Å². The van der Waals surface area contributed by atoms with Gasteiger partial charge in [0.25, 0.3) is 0 Å². The van der Waals surface area contributed by atoms with Crippen LogP contribution in [-0.2, 0) is 10.3 Å². The first kappa shape index (κ1) is 15.4. The van der Waals surface area contributed by atoms with Crippen LogP contribution in [0.3, 0.4) is 0 Å². The molecule has 2 rings (SSSR count). The van der Waals surface area contributed by atoms with E-state index in [1.165, 1.54) is 11.5 Å². The van der Waals surface area contributed by atoms with Crippen molar-refractivity contribution in [1.29, 1.82) is 0 Å². The van der Waals surface area contributed by atoms with E-state index in [0.717, 1.165) is 25.2 Å². The van der Waals surface area contributed by atoms with Gasteiger partial charge in [0.1, 0.15) is 5.54 Å². The monoisotopic (exact) mass is 293 g/mol. The lowest BCUT2D eigenvalue weighted by Gasteiger charge is -2.28. The Labute approximate surface area is 125 Å². The van der Waals surface area contributed by atoms with Gasteiger partial charge < -0.3 is 11.1 Å². The molecule has 3 N–H and O–H groups in total. The third kappa shape index (κ3) is 3.98. The third-order valence-electron chi connectivity index (χ3n) is 3.66. The summed E-state index contributed by atoms with van der Waals surface area (Å²) in [6.07, 6.45) is 0. The summed E-state index contributed by atoms with van der Waals surface area (Å²) >= 11 is 1.99. The number of nitrogens with two attached hydrogens (primary N) is 1. The summed E-state index contributed by atoms with van der Waals surface area (Å²) in [5, 5.41) is 2.96. The molecule has 1 amide bonds. The summed E-state index contributed by atoms with van der Waals surface area (Å²) in [6.45, 7) is 5.54. The first-order valence-corrected chi connectivity index (χ1v) is 8.19. The molecule has 20 heavy (non-hydrogen) atoms. The second kappa shape index (κ2) is 7.11. The Hall–Kier alpha value is -1.04. The Morgan fingerprint density at radius 1 is 1.35 bits per heavy atom. The zero-order valence-corrected chi connectivity index (χ0v) is 12.8. The molecule has 1 unspecified atom stereocenters. The van der Waals surface area contributed by atoms with Gasteiger partial charge in [0.05, 0.1) is 0 Å². The van der Waals surface area contributed by atoms with Gasteiger partial charge in [-0.3, -0.25) is 9.69 Å². The molecule has 0 aromatic heterocycles. The maximum absolute atomic E-state index is 12.2. The fourth-order valence-electron chi connectivity index (χ4n) is 2.25.